The first-order chi connectivity index (χ1) is 21.5. The Morgan fingerprint density at radius 2 is 1.78 bits per heavy atom. The minimum Gasteiger partial charge on any atom is -0.495 e. The van der Waals surface area contributed by atoms with Gasteiger partial charge >= 0.3 is 0 Å². The topological polar surface area (TPSA) is 143 Å². The van der Waals surface area contributed by atoms with Crippen LogP contribution in [0.4, 0.5) is 22.7 Å². The fraction of sp³-hybridized carbons (Fsp3) is 0.382. The number of benzene rings is 3. The lowest BCUT2D eigenvalue weighted by atomic mass is 10.0. The van der Waals surface area contributed by atoms with Crippen molar-refractivity contribution >= 4 is 40.9 Å². The summed E-state index contributed by atoms with van der Waals surface area (Å²) in [4.78, 5) is 45.5. The molecule has 11 nitrogen and oxygen atoms in total. The van der Waals surface area contributed by atoms with Gasteiger partial charge in [0, 0.05) is 45.2 Å². The molecule has 1 aliphatic rings. The summed E-state index contributed by atoms with van der Waals surface area (Å²) in [6.07, 6.45) is 3.18. The molecule has 240 valence electrons. The molecule has 0 radical (unpaired) electrons. The lowest BCUT2D eigenvalue weighted by Gasteiger charge is -2.44. The van der Waals surface area contributed by atoms with Gasteiger partial charge in [-0.15, -0.1) is 0 Å². The minimum atomic E-state index is -1.15. The number of nitrogen functional groups attached to an aromatic ring is 2. The summed E-state index contributed by atoms with van der Waals surface area (Å²) in [5, 5.41) is 2.79. The van der Waals surface area contributed by atoms with Gasteiger partial charge in [0.2, 0.25) is 5.72 Å². The van der Waals surface area contributed by atoms with E-state index in [0.29, 0.717) is 53.6 Å². The lowest BCUT2D eigenvalue weighted by molar-refractivity contribution is -0.146. The Bertz CT molecular complexity index is 1540. The minimum absolute atomic E-state index is 0.180. The molecule has 1 heterocycles. The molecule has 0 spiro atoms. The van der Waals surface area contributed by atoms with E-state index in [0.717, 1.165) is 37.8 Å². The maximum Gasteiger partial charge on any atom is 0.258 e. The number of hydrogen-bond donors (Lipinski definition) is 3. The van der Waals surface area contributed by atoms with E-state index in [1.54, 1.807) is 43.4 Å². The largest absolute Gasteiger partial charge is 0.495 e. The van der Waals surface area contributed by atoms with Crippen molar-refractivity contribution in [3.63, 3.8) is 0 Å². The second-order valence-electron chi connectivity index (χ2n) is 11.5. The van der Waals surface area contributed by atoms with Gasteiger partial charge in [0.25, 0.3) is 11.8 Å². The van der Waals surface area contributed by atoms with E-state index in [1.165, 1.54) is 12.0 Å². The van der Waals surface area contributed by atoms with Crippen LogP contribution >= 0.6 is 0 Å². The molecule has 1 fully saturated rings. The zero-order valence-electron chi connectivity index (χ0n) is 26.8. The first-order valence-corrected chi connectivity index (χ1v) is 15.1. The Morgan fingerprint density at radius 3 is 2.44 bits per heavy atom. The van der Waals surface area contributed by atoms with Crippen LogP contribution in [0.15, 0.2) is 54.6 Å². The van der Waals surface area contributed by atoms with Crippen molar-refractivity contribution in [2.75, 3.05) is 69.1 Å². The Morgan fingerprint density at radius 1 is 1.04 bits per heavy atom. The van der Waals surface area contributed by atoms with Crippen LogP contribution in [0.3, 0.4) is 0 Å². The van der Waals surface area contributed by atoms with E-state index in [2.05, 4.69) is 29.1 Å². The molecular formula is C34H44N6O5. The standard InChI is InChI=1S/C34H44N6O5/c1-6-7-15-34(22-41,40-18-16-38(3)17-19-40)45-30-20-23(2)11-14-28(30)39(4)33(43)24-12-13-27(29(21-24)44-5)37-32(42)25-9-8-10-26(35)31(25)36/h8-14,20-22H,6-7,15-19,35-36H2,1-5H3,(H,37,42). The van der Waals surface area contributed by atoms with Crippen LogP contribution in [-0.4, -0.2) is 81.0 Å². The number of methoxy groups -OCH3 is 1. The molecule has 0 aromatic heterocycles. The number of para-hydroxylation sites is 1. The summed E-state index contributed by atoms with van der Waals surface area (Å²) < 4.78 is 12.2. The number of nitrogens with two attached hydrogens (primary N) is 2. The highest BCUT2D eigenvalue weighted by atomic mass is 16.5. The summed E-state index contributed by atoms with van der Waals surface area (Å²) in [6, 6.07) is 15.2. The third kappa shape index (κ3) is 7.38. The van der Waals surface area contributed by atoms with Crippen molar-refractivity contribution in [2.24, 2.45) is 0 Å². The highest BCUT2D eigenvalue weighted by Gasteiger charge is 2.40. The maximum atomic E-state index is 13.8. The van der Waals surface area contributed by atoms with Crippen LogP contribution in [-0.2, 0) is 4.79 Å². The van der Waals surface area contributed by atoms with Gasteiger partial charge in [0.1, 0.15) is 11.5 Å². The summed E-state index contributed by atoms with van der Waals surface area (Å²) in [7, 11) is 5.18. The molecule has 5 N–H and O–H groups in total. The molecule has 1 atom stereocenters. The van der Waals surface area contributed by atoms with E-state index in [4.69, 9.17) is 20.9 Å². The van der Waals surface area contributed by atoms with Crippen LogP contribution in [0.25, 0.3) is 0 Å². The molecule has 45 heavy (non-hydrogen) atoms. The van der Waals surface area contributed by atoms with E-state index in [1.807, 2.05) is 25.1 Å². The van der Waals surface area contributed by atoms with E-state index in [9.17, 15) is 14.4 Å². The van der Waals surface area contributed by atoms with Gasteiger partial charge in [-0.05, 0) is 68.4 Å². The lowest BCUT2D eigenvalue weighted by Crippen LogP contribution is -2.60. The number of unbranched alkanes of at least 4 members (excludes halogenated alkanes) is 1. The average molecular weight is 617 g/mol. The number of likely N-dealkylation sites (N-methyl/N-ethyl adjacent to an activating group) is 1. The number of carbonyl (C=O) groups excluding carboxylic acids is 3. The van der Waals surface area contributed by atoms with Crippen molar-refractivity contribution in [3.05, 3.63) is 71.3 Å². The van der Waals surface area contributed by atoms with Gasteiger partial charge in [-0.25, -0.2) is 0 Å². The number of ether oxygens (including phenoxy) is 2. The number of nitrogens with zero attached hydrogens (tertiary/aromatic N) is 3. The number of nitrogens with one attached hydrogen (secondary N) is 1. The molecule has 0 bridgehead atoms. The first kappa shape index (κ1) is 33.3. The smallest absolute Gasteiger partial charge is 0.258 e. The number of hydrogen-bond acceptors (Lipinski definition) is 9. The summed E-state index contributed by atoms with van der Waals surface area (Å²) in [5.74, 6) is -0.0498. The molecule has 3 aromatic rings. The van der Waals surface area contributed by atoms with Gasteiger partial charge in [-0.3, -0.25) is 19.3 Å². The molecule has 4 rings (SSSR count). The number of anilines is 4. The summed E-state index contributed by atoms with van der Waals surface area (Å²) >= 11 is 0. The Labute approximate surface area is 265 Å². The van der Waals surface area contributed by atoms with Crippen molar-refractivity contribution in [1.82, 2.24) is 9.80 Å². The van der Waals surface area contributed by atoms with E-state index >= 15 is 0 Å². The second kappa shape index (κ2) is 14.4. The second-order valence-corrected chi connectivity index (χ2v) is 11.5. The molecule has 0 saturated carbocycles. The van der Waals surface area contributed by atoms with Gasteiger partial charge in [-0.2, -0.15) is 0 Å². The monoisotopic (exact) mass is 616 g/mol. The van der Waals surface area contributed by atoms with E-state index < -0.39 is 11.6 Å². The summed E-state index contributed by atoms with van der Waals surface area (Å²) in [5.41, 5.74) is 13.6. The number of carbonyl (C=O) groups is 3. The molecule has 1 unspecified atom stereocenters. The molecule has 11 heteroatoms. The quantitative estimate of drug-likeness (QED) is 0.199. The molecule has 0 aliphatic carbocycles. The number of aldehydes is 1. The normalized spacial score (nSPS) is 15.1. The van der Waals surface area contributed by atoms with Crippen LogP contribution in [0.5, 0.6) is 11.5 Å². The van der Waals surface area contributed by atoms with Gasteiger partial charge < -0.3 is 36.1 Å². The van der Waals surface area contributed by atoms with Crippen LogP contribution in [0.1, 0.15) is 52.5 Å². The molecule has 3 aromatic carbocycles. The maximum absolute atomic E-state index is 13.8. The molecule has 2 amide bonds. The number of rotatable bonds is 12. The zero-order chi connectivity index (χ0) is 32.7. The number of aryl methyl sites for hydroxylation is 1. The highest BCUT2D eigenvalue weighted by molar-refractivity contribution is 6.11. The highest BCUT2D eigenvalue weighted by Crippen LogP contribution is 2.36. The molecule has 1 aliphatic heterocycles. The van der Waals surface area contributed by atoms with Crippen LogP contribution in [0.2, 0.25) is 0 Å². The van der Waals surface area contributed by atoms with Crippen molar-refractivity contribution < 1.29 is 23.9 Å². The predicted octanol–water partition coefficient (Wildman–Crippen LogP) is 4.41. The first-order valence-electron chi connectivity index (χ1n) is 15.1. The number of piperazine rings is 1. The summed E-state index contributed by atoms with van der Waals surface area (Å²) in [6.45, 7) is 7.08. The predicted molar refractivity (Wildman–Crippen MR) is 178 cm³/mol. The van der Waals surface area contributed by atoms with Crippen molar-refractivity contribution in [3.8, 4) is 11.5 Å². The van der Waals surface area contributed by atoms with Crippen LogP contribution in [0, 0.1) is 6.92 Å². The SMILES string of the molecule is CCCCC(C=O)(Oc1cc(C)ccc1N(C)C(=O)c1ccc(NC(=O)c2cccc(N)c2N)c(OC)c1)N1CCN(C)CC1. The Balaban J connectivity index is 1.62. The van der Waals surface area contributed by atoms with Gasteiger partial charge in [-0.1, -0.05) is 25.5 Å². The molecule has 1 saturated heterocycles. The number of amides is 2. The average Bonchev–Trinajstić information content (AvgIpc) is 3.04. The van der Waals surface area contributed by atoms with Crippen molar-refractivity contribution in [2.45, 2.75) is 38.8 Å². The Hall–Kier alpha value is -4.61. The van der Waals surface area contributed by atoms with Crippen LogP contribution < -0.4 is 31.2 Å². The van der Waals surface area contributed by atoms with Crippen molar-refractivity contribution in [1.29, 1.82) is 0 Å². The Kier molecular flexibility index (Phi) is 10.7. The zero-order valence-corrected chi connectivity index (χ0v) is 26.8. The third-order valence-electron chi connectivity index (χ3n) is 8.26. The fourth-order valence-electron chi connectivity index (χ4n) is 5.42. The van der Waals surface area contributed by atoms with Gasteiger partial charge in [0.05, 0.1) is 35.4 Å². The van der Waals surface area contributed by atoms with E-state index in [-0.39, 0.29) is 17.2 Å². The fourth-order valence-corrected chi connectivity index (χ4v) is 5.42. The third-order valence-corrected chi connectivity index (χ3v) is 8.26. The van der Waals surface area contributed by atoms with Gasteiger partial charge in [0.15, 0.2) is 6.29 Å². The molecular weight excluding hydrogens is 572 g/mol.